The minimum absolute atomic E-state index is 0.112. The van der Waals surface area contributed by atoms with Crippen molar-refractivity contribution in [3.63, 3.8) is 0 Å². The van der Waals surface area contributed by atoms with E-state index in [9.17, 15) is 5.11 Å². The first-order valence-electron chi connectivity index (χ1n) is 3.88. The number of rotatable bonds is 0. The Balaban J connectivity index is 2.76. The molecule has 1 aliphatic carbocycles. The van der Waals surface area contributed by atoms with Gasteiger partial charge >= 0.3 is 0 Å². The van der Waals surface area contributed by atoms with Crippen LogP contribution in [0.4, 0.5) is 0 Å². The van der Waals surface area contributed by atoms with Crippen LogP contribution in [0.3, 0.4) is 0 Å². The number of allylic oxidation sites excluding steroid dienone is 1. The molecule has 1 atom stereocenters. The van der Waals surface area contributed by atoms with E-state index in [4.69, 9.17) is 0 Å². The van der Waals surface area contributed by atoms with Gasteiger partial charge in [0.15, 0.2) is 0 Å². The highest BCUT2D eigenvalue weighted by Gasteiger charge is 2.26. The maximum Gasteiger partial charge on any atom is 0.0582 e. The van der Waals surface area contributed by atoms with E-state index in [-0.39, 0.29) is 11.5 Å². The van der Waals surface area contributed by atoms with Crippen LogP contribution in [0.5, 0.6) is 0 Å². The van der Waals surface area contributed by atoms with Crippen LogP contribution in [0.15, 0.2) is 11.6 Å². The third-order valence-corrected chi connectivity index (χ3v) is 2.51. The summed E-state index contributed by atoms with van der Waals surface area (Å²) < 4.78 is 0. The molecule has 0 radical (unpaired) electrons. The summed E-state index contributed by atoms with van der Waals surface area (Å²) in [5.41, 5.74) is 1.63. The van der Waals surface area contributed by atoms with E-state index in [0.717, 1.165) is 12.8 Å². The lowest BCUT2D eigenvalue weighted by molar-refractivity contribution is 0.119. The first-order valence-corrected chi connectivity index (χ1v) is 3.88. The summed E-state index contributed by atoms with van der Waals surface area (Å²) >= 11 is 0. The number of aliphatic hydroxyl groups is 1. The summed E-state index contributed by atoms with van der Waals surface area (Å²) in [6.45, 7) is 6.51. The molecule has 10 heavy (non-hydrogen) atoms. The Morgan fingerprint density at radius 3 is 2.60 bits per heavy atom. The van der Waals surface area contributed by atoms with Gasteiger partial charge in [-0.1, -0.05) is 25.5 Å². The number of aliphatic hydroxyl groups excluding tert-OH is 1. The van der Waals surface area contributed by atoms with Crippen molar-refractivity contribution in [2.45, 2.75) is 39.7 Å². The largest absolute Gasteiger partial charge is 0.393 e. The zero-order chi connectivity index (χ0) is 7.78. The topological polar surface area (TPSA) is 20.2 Å². The zero-order valence-corrected chi connectivity index (χ0v) is 7.02. The van der Waals surface area contributed by atoms with Crippen molar-refractivity contribution in [1.29, 1.82) is 0 Å². The van der Waals surface area contributed by atoms with Gasteiger partial charge in [-0.2, -0.15) is 0 Å². The maximum absolute atomic E-state index is 9.32. The SMILES string of the molecule is CC1=CCC(O)CC1(C)C. The third-order valence-electron chi connectivity index (χ3n) is 2.51. The van der Waals surface area contributed by atoms with E-state index in [1.54, 1.807) is 0 Å². The standard InChI is InChI=1S/C9H16O/c1-7-4-5-8(10)6-9(7,2)3/h4,8,10H,5-6H2,1-3H3. The summed E-state index contributed by atoms with van der Waals surface area (Å²) in [5, 5.41) is 9.32. The van der Waals surface area contributed by atoms with Crippen molar-refractivity contribution in [3.05, 3.63) is 11.6 Å². The van der Waals surface area contributed by atoms with Crippen molar-refractivity contribution in [3.8, 4) is 0 Å². The van der Waals surface area contributed by atoms with Crippen molar-refractivity contribution in [1.82, 2.24) is 0 Å². The monoisotopic (exact) mass is 140 g/mol. The van der Waals surface area contributed by atoms with Gasteiger partial charge in [0.1, 0.15) is 0 Å². The van der Waals surface area contributed by atoms with Gasteiger partial charge in [0.05, 0.1) is 6.10 Å². The molecular weight excluding hydrogens is 124 g/mol. The van der Waals surface area contributed by atoms with E-state index in [1.807, 2.05) is 0 Å². The molecule has 0 bridgehead atoms. The first-order chi connectivity index (χ1) is 4.52. The van der Waals surface area contributed by atoms with Crippen LogP contribution in [0, 0.1) is 5.41 Å². The number of hydrogen-bond acceptors (Lipinski definition) is 1. The fourth-order valence-corrected chi connectivity index (χ4v) is 1.42. The molecule has 0 heterocycles. The van der Waals surface area contributed by atoms with E-state index in [1.165, 1.54) is 5.57 Å². The average molecular weight is 140 g/mol. The van der Waals surface area contributed by atoms with Crippen molar-refractivity contribution < 1.29 is 5.11 Å². The van der Waals surface area contributed by atoms with Crippen LogP contribution < -0.4 is 0 Å². The molecule has 1 aliphatic rings. The van der Waals surface area contributed by atoms with E-state index < -0.39 is 0 Å². The predicted octanol–water partition coefficient (Wildman–Crippen LogP) is 2.11. The van der Waals surface area contributed by atoms with Gasteiger partial charge in [-0.05, 0) is 25.2 Å². The quantitative estimate of drug-likeness (QED) is 0.511. The average Bonchev–Trinajstić information content (AvgIpc) is 1.78. The molecule has 1 nitrogen and oxygen atoms in total. The lowest BCUT2D eigenvalue weighted by Gasteiger charge is -2.32. The molecule has 0 aromatic rings. The second-order valence-electron chi connectivity index (χ2n) is 3.86. The second kappa shape index (κ2) is 2.39. The maximum atomic E-state index is 9.32. The van der Waals surface area contributed by atoms with Crippen LogP contribution in [0.1, 0.15) is 33.6 Å². The fourth-order valence-electron chi connectivity index (χ4n) is 1.42. The van der Waals surface area contributed by atoms with Gasteiger partial charge in [0.25, 0.3) is 0 Å². The summed E-state index contributed by atoms with van der Waals surface area (Å²) in [6, 6.07) is 0. The van der Waals surface area contributed by atoms with Crippen molar-refractivity contribution in [2.75, 3.05) is 0 Å². The highest BCUT2D eigenvalue weighted by molar-refractivity contribution is 5.13. The minimum atomic E-state index is -0.112. The molecule has 0 spiro atoms. The molecule has 0 aromatic carbocycles. The molecule has 0 saturated heterocycles. The third kappa shape index (κ3) is 1.40. The Hall–Kier alpha value is -0.300. The summed E-state index contributed by atoms with van der Waals surface area (Å²) in [7, 11) is 0. The highest BCUT2D eigenvalue weighted by Crippen LogP contribution is 2.35. The van der Waals surface area contributed by atoms with Gasteiger partial charge in [-0.25, -0.2) is 0 Å². The van der Waals surface area contributed by atoms with Gasteiger partial charge in [0, 0.05) is 0 Å². The van der Waals surface area contributed by atoms with Gasteiger partial charge in [-0.3, -0.25) is 0 Å². The summed E-state index contributed by atoms with van der Waals surface area (Å²) in [5.74, 6) is 0. The van der Waals surface area contributed by atoms with Crippen LogP contribution in [0.2, 0.25) is 0 Å². The highest BCUT2D eigenvalue weighted by atomic mass is 16.3. The Morgan fingerprint density at radius 1 is 1.60 bits per heavy atom. The minimum Gasteiger partial charge on any atom is -0.393 e. The molecule has 0 fully saturated rings. The Bertz CT molecular complexity index is 156. The van der Waals surface area contributed by atoms with Crippen molar-refractivity contribution >= 4 is 0 Å². The van der Waals surface area contributed by atoms with E-state index >= 15 is 0 Å². The Kier molecular flexibility index (Phi) is 1.86. The molecule has 0 aromatic heterocycles. The summed E-state index contributed by atoms with van der Waals surface area (Å²) in [4.78, 5) is 0. The molecule has 1 heteroatoms. The van der Waals surface area contributed by atoms with E-state index in [0.29, 0.717) is 0 Å². The van der Waals surface area contributed by atoms with Gasteiger partial charge < -0.3 is 5.11 Å². The molecule has 1 rings (SSSR count). The molecule has 0 amide bonds. The molecule has 58 valence electrons. The van der Waals surface area contributed by atoms with Crippen molar-refractivity contribution in [2.24, 2.45) is 5.41 Å². The first kappa shape index (κ1) is 7.80. The van der Waals surface area contributed by atoms with Crippen LogP contribution in [-0.2, 0) is 0 Å². The van der Waals surface area contributed by atoms with Crippen LogP contribution in [-0.4, -0.2) is 11.2 Å². The van der Waals surface area contributed by atoms with E-state index in [2.05, 4.69) is 26.8 Å². The Labute approximate surface area is 62.8 Å². The smallest absolute Gasteiger partial charge is 0.0582 e. The summed E-state index contributed by atoms with van der Waals surface area (Å²) in [6.07, 6.45) is 3.79. The lowest BCUT2D eigenvalue weighted by Crippen LogP contribution is -2.25. The Morgan fingerprint density at radius 2 is 2.20 bits per heavy atom. The van der Waals surface area contributed by atoms with Crippen LogP contribution in [0.25, 0.3) is 0 Å². The molecular formula is C9H16O. The zero-order valence-electron chi connectivity index (χ0n) is 7.02. The molecule has 0 aliphatic heterocycles. The van der Waals surface area contributed by atoms with Crippen LogP contribution >= 0.6 is 0 Å². The van der Waals surface area contributed by atoms with Gasteiger partial charge in [-0.15, -0.1) is 0 Å². The molecule has 0 saturated carbocycles. The number of hydrogen-bond donors (Lipinski definition) is 1. The predicted molar refractivity (Wildman–Crippen MR) is 42.8 cm³/mol. The van der Waals surface area contributed by atoms with Gasteiger partial charge in [0.2, 0.25) is 0 Å². The second-order valence-corrected chi connectivity index (χ2v) is 3.86. The molecule has 1 unspecified atom stereocenters. The molecule has 1 N–H and O–H groups in total. The lowest BCUT2D eigenvalue weighted by atomic mass is 9.75. The normalized spacial score (nSPS) is 31.6. The fraction of sp³-hybridized carbons (Fsp3) is 0.778.